The second kappa shape index (κ2) is 11.9. The molecule has 0 bridgehead atoms. The van der Waals surface area contributed by atoms with E-state index in [2.05, 4.69) is 46.9 Å². The first-order valence-corrected chi connectivity index (χ1v) is 15.1. The van der Waals surface area contributed by atoms with Gasteiger partial charge < -0.3 is 5.32 Å². The lowest BCUT2D eigenvalue weighted by atomic mass is 9.45. The minimum atomic E-state index is 0.252. The smallest absolute Gasteiger partial charge is 0.220 e. The van der Waals surface area contributed by atoms with Crippen molar-refractivity contribution in [2.24, 2.45) is 40.4 Å². The van der Waals surface area contributed by atoms with E-state index >= 15 is 0 Å². The van der Waals surface area contributed by atoms with E-state index in [4.69, 9.17) is 0 Å². The number of rotatable bonds is 7. The van der Waals surface area contributed by atoms with E-state index in [-0.39, 0.29) is 11.9 Å². The summed E-state index contributed by atoms with van der Waals surface area (Å²) in [6.07, 6.45) is 22.1. The second-order valence-electron chi connectivity index (χ2n) is 13.2. The Bertz CT molecular complexity index is 612. The Hall–Kier alpha value is -0.530. The van der Waals surface area contributed by atoms with E-state index in [1.54, 1.807) is 0 Å². The highest BCUT2D eigenvalue weighted by atomic mass is 16.1. The van der Waals surface area contributed by atoms with E-state index in [0.29, 0.717) is 10.8 Å². The van der Waals surface area contributed by atoms with Gasteiger partial charge in [-0.2, -0.15) is 0 Å². The van der Waals surface area contributed by atoms with Crippen molar-refractivity contribution in [3.8, 4) is 0 Å². The van der Waals surface area contributed by atoms with Gasteiger partial charge in [0, 0.05) is 12.5 Å². The molecule has 4 aliphatic rings. The molecule has 4 aliphatic carbocycles. The highest BCUT2D eigenvalue weighted by molar-refractivity contribution is 5.76. The highest BCUT2D eigenvalue weighted by Crippen LogP contribution is 2.67. The first-order valence-electron chi connectivity index (χ1n) is 15.1. The number of hydrogen-bond acceptors (Lipinski definition) is 1. The molecule has 7 atom stereocenters. The topological polar surface area (TPSA) is 29.1 Å². The molecule has 0 spiro atoms. The maximum Gasteiger partial charge on any atom is 0.220 e. The van der Waals surface area contributed by atoms with Gasteiger partial charge in [-0.25, -0.2) is 0 Å². The van der Waals surface area contributed by atoms with Crippen LogP contribution >= 0.6 is 0 Å². The Labute approximate surface area is 206 Å². The molecular formula is C31H57NO. The van der Waals surface area contributed by atoms with Crippen LogP contribution in [0.1, 0.15) is 144 Å². The molecule has 0 radical (unpaired) electrons. The molecule has 0 aromatic rings. The molecule has 2 heteroatoms. The Kier molecular flexibility index (Phi) is 9.79. The average Bonchev–Trinajstić information content (AvgIpc) is 3.10. The summed E-state index contributed by atoms with van der Waals surface area (Å²) in [4.78, 5) is 12.0. The fraction of sp³-hybridized carbons (Fsp3) is 0.968. The minimum Gasteiger partial charge on any atom is -0.354 e. The Morgan fingerprint density at radius 2 is 1.58 bits per heavy atom. The van der Waals surface area contributed by atoms with Gasteiger partial charge in [-0.3, -0.25) is 4.79 Å². The fourth-order valence-electron chi connectivity index (χ4n) is 9.13. The zero-order chi connectivity index (χ0) is 24.1. The number of amides is 1. The molecule has 0 aliphatic heterocycles. The van der Waals surface area contributed by atoms with Gasteiger partial charge in [0.1, 0.15) is 0 Å². The van der Waals surface area contributed by atoms with Crippen molar-refractivity contribution in [1.29, 1.82) is 0 Å². The van der Waals surface area contributed by atoms with Crippen LogP contribution in [0, 0.1) is 40.4 Å². The quantitative estimate of drug-likeness (QED) is 0.404. The van der Waals surface area contributed by atoms with Crippen LogP contribution in [0.2, 0.25) is 0 Å². The van der Waals surface area contributed by atoms with Gasteiger partial charge in [0.15, 0.2) is 0 Å². The lowest BCUT2D eigenvalue weighted by Gasteiger charge is -2.60. The SMILES string of the molecule is CC(C)NC(=O)CCCC1CCC2C3CCC4CCCCC4(C)C3CCC12C.CCCCC. The monoisotopic (exact) mass is 459 g/mol. The minimum absolute atomic E-state index is 0.252. The summed E-state index contributed by atoms with van der Waals surface area (Å²) in [5.41, 5.74) is 1.23. The lowest BCUT2D eigenvalue weighted by molar-refractivity contribution is -0.122. The zero-order valence-corrected chi connectivity index (χ0v) is 23.2. The number of fused-ring (bicyclic) bond motifs is 5. The van der Waals surface area contributed by atoms with Crippen molar-refractivity contribution >= 4 is 5.91 Å². The maximum absolute atomic E-state index is 12.0. The van der Waals surface area contributed by atoms with Crippen molar-refractivity contribution in [1.82, 2.24) is 5.32 Å². The van der Waals surface area contributed by atoms with Gasteiger partial charge in [0.25, 0.3) is 0 Å². The average molecular weight is 460 g/mol. The van der Waals surface area contributed by atoms with Crippen LogP contribution in [-0.4, -0.2) is 11.9 Å². The highest BCUT2D eigenvalue weighted by Gasteiger charge is 2.59. The molecule has 4 saturated carbocycles. The Balaban J connectivity index is 0.000000555. The maximum atomic E-state index is 12.0. The molecule has 0 saturated heterocycles. The van der Waals surface area contributed by atoms with E-state index in [0.717, 1.165) is 42.4 Å². The zero-order valence-electron chi connectivity index (χ0n) is 23.2. The van der Waals surface area contributed by atoms with Gasteiger partial charge in [-0.1, -0.05) is 59.8 Å². The van der Waals surface area contributed by atoms with E-state index < -0.39 is 0 Å². The fourth-order valence-corrected chi connectivity index (χ4v) is 9.13. The van der Waals surface area contributed by atoms with Crippen molar-refractivity contribution in [3.05, 3.63) is 0 Å². The third-order valence-corrected chi connectivity index (χ3v) is 10.9. The molecule has 33 heavy (non-hydrogen) atoms. The first-order chi connectivity index (χ1) is 15.8. The summed E-state index contributed by atoms with van der Waals surface area (Å²) in [6.45, 7) is 13.9. The third kappa shape index (κ3) is 6.00. The molecule has 0 aromatic heterocycles. The predicted molar refractivity (Wildman–Crippen MR) is 142 cm³/mol. The summed E-state index contributed by atoms with van der Waals surface area (Å²) in [5, 5.41) is 3.06. The predicted octanol–water partition coefficient (Wildman–Crippen LogP) is 8.93. The Morgan fingerprint density at radius 1 is 0.848 bits per heavy atom. The third-order valence-electron chi connectivity index (χ3n) is 10.9. The summed E-state index contributed by atoms with van der Waals surface area (Å²) in [6, 6.07) is 0.271. The van der Waals surface area contributed by atoms with E-state index in [1.165, 1.54) is 89.9 Å². The van der Waals surface area contributed by atoms with Crippen molar-refractivity contribution in [2.75, 3.05) is 0 Å². The van der Waals surface area contributed by atoms with Crippen molar-refractivity contribution in [2.45, 2.75) is 150 Å². The van der Waals surface area contributed by atoms with Crippen LogP contribution in [0.15, 0.2) is 0 Å². The molecule has 1 N–H and O–H groups in total. The van der Waals surface area contributed by atoms with E-state index in [1.807, 2.05) is 0 Å². The number of unbranched alkanes of at least 4 members (excludes halogenated alkanes) is 2. The van der Waals surface area contributed by atoms with Crippen LogP contribution in [0.5, 0.6) is 0 Å². The van der Waals surface area contributed by atoms with Crippen LogP contribution < -0.4 is 5.32 Å². The second-order valence-corrected chi connectivity index (χ2v) is 13.2. The van der Waals surface area contributed by atoms with Gasteiger partial charge in [0.2, 0.25) is 5.91 Å². The summed E-state index contributed by atoms with van der Waals surface area (Å²) >= 11 is 0. The molecule has 7 unspecified atom stereocenters. The molecule has 0 aromatic carbocycles. The van der Waals surface area contributed by atoms with Crippen LogP contribution in [-0.2, 0) is 4.79 Å². The molecule has 4 fully saturated rings. The molecule has 192 valence electrons. The van der Waals surface area contributed by atoms with Crippen LogP contribution in [0.3, 0.4) is 0 Å². The van der Waals surface area contributed by atoms with Gasteiger partial charge in [-0.05, 0) is 118 Å². The number of carbonyl (C=O) groups excluding carboxylic acids is 1. The molecular weight excluding hydrogens is 402 g/mol. The molecule has 2 nitrogen and oxygen atoms in total. The van der Waals surface area contributed by atoms with Gasteiger partial charge in [0.05, 0.1) is 0 Å². The normalized spacial score (nSPS) is 39.7. The molecule has 0 heterocycles. The van der Waals surface area contributed by atoms with Crippen LogP contribution in [0.25, 0.3) is 0 Å². The molecule has 4 rings (SSSR count). The van der Waals surface area contributed by atoms with Crippen LogP contribution in [0.4, 0.5) is 0 Å². The summed E-state index contributed by atoms with van der Waals surface area (Å²) < 4.78 is 0. The number of nitrogens with one attached hydrogen (secondary N) is 1. The first kappa shape index (κ1) is 27.1. The van der Waals surface area contributed by atoms with Crippen molar-refractivity contribution in [3.63, 3.8) is 0 Å². The largest absolute Gasteiger partial charge is 0.354 e. The van der Waals surface area contributed by atoms with Gasteiger partial charge in [-0.15, -0.1) is 0 Å². The summed E-state index contributed by atoms with van der Waals surface area (Å²) in [7, 11) is 0. The number of carbonyl (C=O) groups is 1. The standard InChI is InChI=1S/C26H45NO.C5H12/c1-18(2)27-24(28)10-7-9-20-12-14-22-21-13-11-19-8-5-6-16-25(19,3)23(21)15-17-26(20,22)4;1-3-5-4-2/h18-23H,5-17H2,1-4H3,(H,27,28);3-5H2,1-2H3. The van der Waals surface area contributed by atoms with Gasteiger partial charge >= 0.3 is 0 Å². The number of hydrogen-bond donors (Lipinski definition) is 1. The lowest BCUT2D eigenvalue weighted by Crippen LogP contribution is -2.52. The van der Waals surface area contributed by atoms with E-state index in [9.17, 15) is 4.79 Å². The Morgan fingerprint density at radius 3 is 2.24 bits per heavy atom. The molecule has 1 amide bonds. The summed E-state index contributed by atoms with van der Waals surface area (Å²) in [5.74, 6) is 5.14. The van der Waals surface area contributed by atoms with Crippen molar-refractivity contribution < 1.29 is 4.79 Å².